The van der Waals surface area contributed by atoms with Crippen LogP contribution in [0.5, 0.6) is 0 Å². The summed E-state index contributed by atoms with van der Waals surface area (Å²) in [4.78, 5) is 4.61. The summed E-state index contributed by atoms with van der Waals surface area (Å²) < 4.78 is 6.17. The number of thioether (sulfide) groups is 1. The minimum absolute atomic E-state index is 0.103. The molecule has 1 aromatic heterocycles. The van der Waals surface area contributed by atoms with E-state index in [1.54, 1.807) is 0 Å². The molecule has 0 amide bonds. The molecule has 2 aliphatic heterocycles. The highest BCUT2D eigenvalue weighted by atomic mass is 32.2. The fourth-order valence-electron chi connectivity index (χ4n) is 3.81. The van der Waals surface area contributed by atoms with Crippen molar-refractivity contribution in [1.29, 1.82) is 0 Å². The zero-order valence-corrected chi connectivity index (χ0v) is 14.7. The molecule has 2 aliphatic rings. The smallest absolute Gasteiger partial charge is 0.0795 e. The summed E-state index contributed by atoms with van der Waals surface area (Å²) >= 11 is 2.03. The third-order valence-electron chi connectivity index (χ3n) is 5.08. The molecular formula is C20H24N2OS. The first-order valence-electron chi connectivity index (χ1n) is 8.78. The van der Waals surface area contributed by atoms with Crippen molar-refractivity contribution in [2.24, 2.45) is 0 Å². The van der Waals surface area contributed by atoms with Gasteiger partial charge in [-0.2, -0.15) is 11.8 Å². The average Bonchev–Trinajstić information content (AvgIpc) is 3.09. The zero-order valence-electron chi connectivity index (χ0n) is 13.9. The van der Waals surface area contributed by atoms with Crippen LogP contribution in [0, 0.1) is 0 Å². The Labute approximate surface area is 148 Å². The third kappa shape index (κ3) is 3.51. The molecule has 0 aliphatic carbocycles. The Morgan fingerprint density at radius 1 is 1.17 bits per heavy atom. The number of nitrogens with zero attached hydrogens (tertiary/aromatic N) is 1. The molecule has 0 radical (unpaired) electrons. The number of aromatic nitrogens is 1. The molecule has 1 spiro atoms. The first kappa shape index (κ1) is 16.1. The number of benzene rings is 1. The second-order valence-electron chi connectivity index (χ2n) is 6.79. The van der Waals surface area contributed by atoms with Gasteiger partial charge in [0, 0.05) is 24.6 Å². The van der Waals surface area contributed by atoms with Crippen molar-refractivity contribution in [3.8, 4) is 0 Å². The van der Waals surface area contributed by atoms with E-state index in [-0.39, 0.29) is 11.6 Å². The Balaban J connectivity index is 1.56. The van der Waals surface area contributed by atoms with Crippen LogP contribution >= 0.6 is 11.8 Å². The van der Waals surface area contributed by atoms with Crippen molar-refractivity contribution in [2.45, 2.75) is 36.9 Å². The highest BCUT2D eigenvalue weighted by Gasteiger charge is 2.41. The Morgan fingerprint density at radius 2 is 2.04 bits per heavy atom. The fraction of sp³-hybridized carbons (Fsp3) is 0.450. The van der Waals surface area contributed by atoms with E-state index in [1.165, 1.54) is 17.7 Å². The standard InChI is InChI=1S/C20H24N2OS/c1-2-6-16(7-3-1)19(18-8-4-5-11-21-18)22-17-9-12-23-20(14-17)10-13-24-15-20/h1-8,11,17,19,22H,9-10,12-15H2/t17-,19-,20-/m0/s1. The highest BCUT2D eigenvalue weighted by molar-refractivity contribution is 7.99. The maximum Gasteiger partial charge on any atom is 0.0795 e. The second kappa shape index (κ2) is 7.26. The van der Waals surface area contributed by atoms with Crippen LogP contribution in [0.2, 0.25) is 0 Å². The number of hydrogen-bond donors (Lipinski definition) is 1. The van der Waals surface area contributed by atoms with E-state index in [4.69, 9.17) is 4.74 Å². The predicted molar refractivity (Wildman–Crippen MR) is 99.3 cm³/mol. The van der Waals surface area contributed by atoms with Gasteiger partial charge in [0.2, 0.25) is 0 Å². The quantitative estimate of drug-likeness (QED) is 0.918. The SMILES string of the molecule is c1ccc([C@H](N[C@H]2CCO[C@@]3(CCSC3)C2)c2ccccn2)cc1. The minimum atomic E-state index is 0.103. The lowest BCUT2D eigenvalue weighted by Crippen LogP contribution is -2.48. The molecule has 3 atom stereocenters. The molecule has 1 N–H and O–H groups in total. The Hall–Kier alpha value is -1.36. The largest absolute Gasteiger partial charge is 0.374 e. The van der Waals surface area contributed by atoms with E-state index < -0.39 is 0 Å². The van der Waals surface area contributed by atoms with E-state index in [9.17, 15) is 0 Å². The van der Waals surface area contributed by atoms with Gasteiger partial charge in [-0.1, -0.05) is 36.4 Å². The molecule has 0 saturated carbocycles. The van der Waals surface area contributed by atoms with Crippen LogP contribution in [0.3, 0.4) is 0 Å². The number of ether oxygens (including phenoxy) is 1. The molecule has 24 heavy (non-hydrogen) atoms. The summed E-state index contributed by atoms with van der Waals surface area (Å²) in [6.45, 7) is 0.863. The number of hydrogen-bond acceptors (Lipinski definition) is 4. The number of nitrogens with one attached hydrogen (secondary N) is 1. The van der Waals surface area contributed by atoms with Gasteiger partial charge in [-0.25, -0.2) is 0 Å². The average molecular weight is 340 g/mol. The minimum Gasteiger partial charge on any atom is -0.374 e. The molecule has 4 rings (SSSR count). The van der Waals surface area contributed by atoms with Crippen molar-refractivity contribution >= 4 is 11.8 Å². The number of rotatable bonds is 4. The van der Waals surface area contributed by atoms with Crippen molar-refractivity contribution in [3.63, 3.8) is 0 Å². The lowest BCUT2D eigenvalue weighted by Gasteiger charge is -2.39. The highest BCUT2D eigenvalue weighted by Crippen LogP contribution is 2.39. The van der Waals surface area contributed by atoms with Crippen molar-refractivity contribution in [1.82, 2.24) is 10.3 Å². The van der Waals surface area contributed by atoms with Gasteiger partial charge in [0.25, 0.3) is 0 Å². The lowest BCUT2D eigenvalue weighted by molar-refractivity contribution is -0.0709. The van der Waals surface area contributed by atoms with Gasteiger partial charge in [0.1, 0.15) is 0 Å². The van der Waals surface area contributed by atoms with Gasteiger partial charge in [-0.15, -0.1) is 0 Å². The Kier molecular flexibility index (Phi) is 4.88. The van der Waals surface area contributed by atoms with Crippen LogP contribution in [-0.2, 0) is 4.74 Å². The first-order chi connectivity index (χ1) is 11.8. The van der Waals surface area contributed by atoms with Gasteiger partial charge in [-0.3, -0.25) is 4.98 Å². The molecule has 126 valence electrons. The van der Waals surface area contributed by atoms with E-state index >= 15 is 0 Å². The molecule has 2 aromatic rings. The normalized spacial score (nSPS) is 28.1. The molecule has 2 saturated heterocycles. The summed E-state index contributed by atoms with van der Waals surface area (Å²) in [5, 5.41) is 3.89. The van der Waals surface area contributed by atoms with Gasteiger partial charge >= 0.3 is 0 Å². The molecule has 3 nitrogen and oxygen atoms in total. The zero-order chi connectivity index (χ0) is 16.2. The summed E-state index contributed by atoms with van der Waals surface area (Å²) in [6, 6.07) is 17.4. The predicted octanol–water partition coefficient (Wildman–Crippen LogP) is 3.82. The molecule has 1 aromatic carbocycles. The Morgan fingerprint density at radius 3 is 2.79 bits per heavy atom. The van der Waals surface area contributed by atoms with Crippen molar-refractivity contribution < 1.29 is 4.74 Å². The van der Waals surface area contributed by atoms with E-state index in [2.05, 4.69) is 52.8 Å². The van der Waals surface area contributed by atoms with Crippen LogP contribution in [0.4, 0.5) is 0 Å². The van der Waals surface area contributed by atoms with Gasteiger partial charge in [-0.05, 0) is 42.7 Å². The second-order valence-corrected chi connectivity index (χ2v) is 7.89. The van der Waals surface area contributed by atoms with Crippen molar-refractivity contribution in [3.05, 3.63) is 66.0 Å². The van der Waals surface area contributed by atoms with Crippen LogP contribution in [0.25, 0.3) is 0 Å². The van der Waals surface area contributed by atoms with Gasteiger partial charge < -0.3 is 10.1 Å². The maximum atomic E-state index is 6.17. The Bertz CT molecular complexity index is 604. The van der Waals surface area contributed by atoms with Gasteiger partial charge in [0.15, 0.2) is 0 Å². The van der Waals surface area contributed by atoms with E-state index in [0.717, 1.165) is 30.9 Å². The molecule has 0 unspecified atom stereocenters. The van der Waals surface area contributed by atoms with E-state index in [1.807, 2.05) is 24.0 Å². The first-order valence-corrected chi connectivity index (χ1v) is 9.94. The molecular weight excluding hydrogens is 316 g/mol. The maximum absolute atomic E-state index is 6.17. The lowest BCUT2D eigenvalue weighted by atomic mass is 9.88. The number of pyridine rings is 1. The monoisotopic (exact) mass is 340 g/mol. The third-order valence-corrected chi connectivity index (χ3v) is 6.30. The molecule has 0 bridgehead atoms. The summed E-state index contributed by atoms with van der Waals surface area (Å²) in [7, 11) is 0. The van der Waals surface area contributed by atoms with Crippen LogP contribution in [-0.4, -0.2) is 34.7 Å². The van der Waals surface area contributed by atoms with Crippen LogP contribution in [0.1, 0.15) is 36.6 Å². The van der Waals surface area contributed by atoms with E-state index in [0.29, 0.717) is 6.04 Å². The molecule has 3 heterocycles. The van der Waals surface area contributed by atoms with Crippen LogP contribution < -0.4 is 5.32 Å². The topological polar surface area (TPSA) is 34.1 Å². The fourth-order valence-corrected chi connectivity index (χ4v) is 5.19. The summed E-state index contributed by atoms with van der Waals surface area (Å²) in [5.41, 5.74) is 2.47. The van der Waals surface area contributed by atoms with Crippen molar-refractivity contribution in [2.75, 3.05) is 18.1 Å². The summed E-state index contributed by atoms with van der Waals surface area (Å²) in [6.07, 6.45) is 5.25. The molecule has 4 heteroatoms. The summed E-state index contributed by atoms with van der Waals surface area (Å²) in [5.74, 6) is 2.37. The molecule has 2 fully saturated rings. The van der Waals surface area contributed by atoms with Crippen LogP contribution in [0.15, 0.2) is 54.7 Å². The van der Waals surface area contributed by atoms with Gasteiger partial charge in [0.05, 0.1) is 17.3 Å².